The van der Waals surface area contributed by atoms with Crippen LogP contribution in [0.4, 0.5) is 0 Å². The second kappa shape index (κ2) is 7.98. The summed E-state index contributed by atoms with van der Waals surface area (Å²) in [5, 5.41) is 1.05. The van der Waals surface area contributed by atoms with Crippen LogP contribution in [0.25, 0.3) is 10.9 Å². The van der Waals surface area contributed by atoms with E-state index < -0.39 is 0 Å². The van der Waals surface area contributed by atoms with Crippen LogP contribution in [-0.2, 0) is 7.05 Å². The first-order valence-electron chi connectivity index (χ1n) is 10.6. The van der Waals surface area contributed by atoms with Gasteiger partial charge in [0.15, 0.2) is 11.5 Å². The van der Waals surface area contributed by atoms with Gasteiger partial charge in [0.05, 0.1) is 13.2 Å². The van der Waals surface area contributed by atoms with E-state index >= 15 is 0 Å². The number of piperazine rings is 1. The number of ether oxygens (including phenoxy) is 2. The van der Waals surface area contributed by atoms with E-state index in [0.717, 1.165) is 17.3 Å². The number of nitrogens with zero attached hydrogens (tertiary/aromatic N) is 3. The maximum atomic E-state index is 13.1. The van der Waals surface area contributed by atoms with Crippen LogP contribution in [0.5, 0.6) is 11.5 Å². The Morgan fingerprint density at radius 2 is 1.48 bits per heavy atom. The van der Waals surface area contributed by atoms with Gasteiger partial charge >= 0.3 is 0 Å². The zero-order valence-corrected chi connectivity index (χ0v) is 17.5. The fourth-order valence-electron chi connectivity index (χ4n) is 4.25. The van der Waals surface area contributed by atoms with Gasteiger partial charge in [-0.15, -0.1) is 0 Å². The molecule has 2 aliphatic rings. The highest BCUT2D eigenvalue weighted by Gasteiger charge is 2.27. The molecule has 0 saturated carbocycles. The number of hydrogen-bond acceptors (Lipinski definition) is 4. The number of carbonyl (C=O) groups is 2. The Kier molecular flexibility index (Phi) is 5.02. The maximum absolute atomic E-state index is 13.1. The van der Waals surface area contributed by atoms with Crippen molar-refractivity contribution in [2.75, 3.05) is 39.4 Å². The van der Waals surface area contributed by atoms with Crippen LogP contribution in [0, 0.1) is 0 Å². The number of carbonyl (C=O) groups excluding carboxylic acids is 2. The van der Waals surface area contributed by atoms with E-state index in [4.69, 9.17) is 9.47 Å². The van der Waals surface area contributed by atoms with Crippen LogP contribution in [0.2, 0.25) is 0 Å². The number of amides is 2. The average Bonchev–Trinajstić information content (AvgIpc) is 2.98. The van der Waals surface area contributed by atoms with E-state index in [0.29, 0.717) is 62.1 Å². The van der Waals surface area contributed by atoms with Crippen molar-refractivity contribution < 1.29 is 19.1 Å². The van der Waals surface area contributed by atoms with Gasteiger partial charge in [-0.3, -0.25) is 9.59 Å². The highest BCUT2D eigenvalue weighted by atomic mass is 16.5. The summed E-state index contributed by atoms with van der Waals surface area (Å²) in [6.45, 7) is 3.23. The number of para-hydroxylation sites is 1. The smallest absolute Gasteiger partial charge is 0.270 e. The molecule has 1 fully saturated rings. The molecule has 1 saturated heterocycles. The highest BCUT2D eigenvalue weighted by Crippen LogP contribution is 2.31. The van der Waals surface area contributed by atoms with Crippen molar-refractivity contribution in [3.8, 4) is 11.5 Å². The SMILES string of the molecule is Cn1c(C(=O)N2CCN(C(=O)c3ccc4c(c3)OCCCO4)CC2)cc2ccccc21. The minimum absolute atomic E-state index is 0.00128. The third kappa shape index (κ3) is 3.60. The highest BCUT2D eigenvalue weighted by molar-refractivity contribution is 5.99. The first-order valence-corrected chi connectivity index (χ1v) is 10.6. The van der Waals surface area contributed by atoms with Gasteiger partial charge in [0.1, 0.15) is 5.69 Å². The molecule has 2 aliphatic heterocycles. The summed E-state index contributed by atoms with van der Waals surface area (Å²) >= 11 is 0. The molecule has 160 valence electrons. The fraction of sp³-hybridized carbons (Fsp3) is 0.333. The monoisotopic (exact) mass is 419 g/mol. The molecule has 2 amide bonds. The third-order valence-electron chi connectivity index (χ3n) is 6.02. The zero-order valence-electron chi connectivity index (χ0n) is 17.5. The van der Waals surface area contributed by atoms with E-state index in [2.05, 4.69) is 0 Å². The number of benzene rings is 2. The number of rotatable bonds is 2. The predicted molar refractivity (Wildman–Crippen MR) is 117 cm³/mol. The lowest BCUT2D eigenvalue weighted by Gasteiger charge is -2.35. The van der Waals surface area contributed by atoms with Crippen molar-refractivity contribution >= 4 is 22.7 Å². The molecule has 0 N–H and O–H groups in total. The lowest BCUT2D eigenvalue weighted by molar-refractivity contribution is 0.0530. The normalized spacial score (nSPS) is 16.3. The topological polar surface area (TPSA) is 64.0 Å². The van der Waals surface area contributed by atoms with Crippen LogP contribution >= 0.6 is 0 Å². The second-order valence-electron chi connectivity index (χ2n) is 7.94. The minimum Gasteiger partial charge on any atom is -0.490 e. The molecule has 3 heterocycles. The first kappa shape index (κ1) is 19.5. The molecule has 1 aromatic heterocycles. The lowest BCUT2D eigenvalue weighted by atomic mass is 10.1. The summed E-state index contributed by atoms with van der Waals surface area (Å²) in [6, 6.07) is 15.2. The number of fused-ring (bicyclic) bond motifs is 2. The van der Waals surface area contributed by atoms with Gasteiger partial charge in [-0.25, -0.2) is 0 Å². The summed E-state index contributed by atoms with van der Waals surface area (Å²) in [5.74, 6) is 1.25. The summed E-state index contributed by atoms with van der Waals surface area (Å²) in [7, 11) is 1.92. The van der Waals surface area contributed by atoms with Crippen LogP contribution in [-0.4, -0.2) is 65.6 Å². The summed E-state index contributed by atoms with van der Waals surface area (Å²) in [6.07, 6.45) is 0.824. The Bertz CT molecular complexity index is 1140. The standard InChI is InChI=1S/C24H25N3O4/c1-25-19-6-3-2-5-17(19)15-20(25)24(29)27-11-9-26(10-12-27)23(28)18-7-8-21-22(16-18)31-14-4-13-30-21/h2-3,5-8,15-16H,4,9-14H2,1H3. The van der Waals surface area contributed by atoms with Gasteiger partial charge < -0.3 is 23.8 Å². The third-order valence-corrected chi connectivity index (χ3v) is 6.02. The second-order valence-corrected chi connectivity index (χ2v) is 7.94. The predicted octanol–water partition coefficient (Wildman–Crippen LogP) is 2.94. The molecule has 0 radical (unpaired) electrons. The molecular weight excluding hydrogens is 394 g/mol. The van der Waals surface area contributed by atoms with Crippen LogP contribution in [0.3, 0.4) is 0 Å². The molecular formula is C24H25N3O4. The van der Waals surface area contributed by atoms with Gasteiger partial charge in [-0.1, -0.05) is 18.2 Å². The van der Waals surface area contributed by atoms with Crippen molar-refractivity contribution in [2.45, 2.75) is 6.42 Å². The van der Waals surface area contributed by atoms with Crippen LogP contribution in [0.1, 0.15) is 27.3 Å². The molecule has 0 bridgehead atoms. The molecule has 7 nitrogen and oxygen atoms in total. The molecule has 0 spiro atoms. The minimum atomic E-state index is -0.0487. The molecule has 3 aromatic rings. The molecule has 0 aliphatic carbocycles. The molecule has 31 heavy (non-hydrogen) atoms. The van der Waals surface area contributed by atoms with Crippen LogP contribution < -0.4 is 9.47 Å². The van der Waals surface area contributed by atoms with E-state index in [9.17, 15) is 9.59 Å². The van der Waals surface area contributed by atoms with Gasteiger partial charge in [0.2, 0.25) is 0 Å². The first-order chi connectivity index (χ1) is 15.1. The number of aromatic nitrogens is 1. The molecule has 7 heteroatoms. The Labute approximate surface area is 180 Å². The number of hydrogen-bond donors (Lipinski definition) is 0. The zero-order chi connectivity index (χ0) is 21.4. The quantitative estimate of drug-likeness (QED) is 0.641. The number of aryl methyl sites for hydroxylation is 1. The fourth-order valence-corrected chi connectivity index (χ4v) is 4.25. The molecule has 0 atom stereocenters. The Morgan fingerprint density at radius 3 is 2.23 bits per heavy atom. The van der Waals surface area contributed by atoms with Crippen molar-refractivity contribution in [1.82, 2.24) is 14.4 Å². The Morgan fingerprint density at radius 1 is 0.806 bits per heavy atom. The molecule has 2 aromatic carbocycles. The van der Waals surface area contributed by atoms with Crippen molar-refractivity contribution in [1.29, 1.82) is 0 Å². The lowest BCUT2D eigenvalue weighted by Crippen LogP contribution is -2.50. The molecule has 0 unspecified atom stereocenters. The average molecular weight is 419 g/mol. The van der Waals surface area contributed by atoms with Gasteiger partial charge in [0, 0.05) is 56.1 Å². The van der Waals surface area contributed by atoms with Crippen molar-refractivity contribution in [3.63, 3.8) is 0 Å². The van der Waals surface area contributed by atoms with Gasteiger partial charge in [-0.05, 0) is 30.3 Å². The van der Waals surface area contributed by atoms with Crippen molar-refractivity contribution in [2.24, 2.45) is 7.05 Å². The Hall–Kier alpha value is -3.48. The summed E-state index contributed by atoms with van der Waals surface area (Å²) < 4.78 is 13.3. The maximum Gasteiger partial charge on any atom is 0.270 e. The largest absolute Gasteiger partial charge is 0.490 e. The van der Waals surface area contributed by atoms with E-state index in [-0.39, 0.29) is 11.8 Å². The van der Waals surface area contributed by atoms with Crippen molar-refractivity contribution in [3.05, 3.63) is 59.8 Å². The summed E-state index contributed by atoms with van der Waals surface area (Å²) in [5.41, 5.74) is 2.29. The van der Waals surface area contributed by atoms with E-state index in [1.54, 1.807) is 23.1 Å². The van der Waals surface area contributed by atoms with Gasteiger partial charge in [0.25, 0.3) is 11.8 Å². The molecule has 5 rings (SSSR count). The van der Waals surface area contributed by atoms with Gasteiger partial charge in [-0.2, -0.15) is 0 Å². The Balaban J connectivity index is 1.27. The van der Waals surface area contributed by atoms with Crippen LogP contribution in [0.15, 0.2) is 48.5 Å². The van der Waals surface area contributed by atoms with E-state index in [1.807, 2.05) is 46.8 Å². The summed E-state index contributed by atoms with van der Waals surface area (Å²) in [4.78, 5) is 29.7. The van der Waals surface area contributed by atoms with E-state index in [1.165, 1.54) is 0 Å².